The fraction of sp³-hybridized carbons (Fsp3) is 0.781. The lowest BCUT2D eigenvalue weighted by molar-refractivity contribution is -0.193. The number of unbranched alkanes of at least 4 members (excludes halogenated alkanes) is 1. The Kier molecular flexibility index (Phi) is 14.6. The molecule has 0 aromatic rings. The van der Waals surface area contributed by atoms with E-state index in [0.717, 1.165) is 71.0 Å². The van der Waals surface area contributed by atoms with Gasteiger partial charge in [-0.2, -0.15) is 0 Å². The van der Waals surface area contributed by atoms with Crippen LogP contribution in [0.5, 0.6) is 0 Å². The quantitative estimate of drug-likeness (QED) is 0.157. The van der Waals surface area contributed by atoms with Gasteiger partial charge in [-0.05, 0) is 69.6 Å². The lowest BCUT2D eigenvalue weighted by Crippen LogP contribution is -2.32. The molecule has 2 heterocycles. The van der Waals surface area contributed by atoms with Crippen molar-refractivity contribution in [3.63, 3.8) is 0 Å². The van der Waals surface area contributed by atoms with Crippen LogP contribution in [0.25, 0.3) is 0 Å². The summed E-state index contributed by atoms with van der Waals surface area (Å²) in [4.78, 5) is 10.8. The van der Waals surface area contributed by atoms with Gasteiger partial charge in [0.2, 0.25) is 0 Å². The number of carboxylic acids is 1. The van der Waals surface area contributed by atoms with Crippen LogP contribution in [0.3, 0.4) is 0 Å². The Labute approximate surface area is 235 Å². The first kappa shape index (κ1) is 31.8. The number of hydrogen-bond acceptors (Lipinski definition) is 6. The van der Waals surface area contributed by atoms with Crippen molar-refractivity contribution < 1.29 is 34.0 Å². The monoisotopic (exact) mass is 546 g/mol. The van der Waals surface area contributed by atoms with Gasteiger partial charge < -0.3 is 29.2 Å². The minimum Gasteiger partial charge on any atom is -0.481 e. The zero-order chi connectivity index (χ0) is 27.9. The third-order valence-electron chi connectivity index (χ3n) is 7.95. The fourth-order valence-electron chi connectivity index (χ4n) is 5.66. The van der Waals surface area contributed by atoms with Crippen molar-refractivity contribution in [1.82, 2.24) is 0 Å². The molecule has 0 bridgehead atoms. The number of hydrogen-bond donors (Lipinski definition) is 2. The predicted molar refractivity (Wildman–Crippen MR) is 151 cm³/mol. The van der Waals surface area contributed by atoms with Gasteiger partial charge in [0.05, 0.1) is 18.3 Å². The molecule has 0 aromatic carbocycles. The molecule has 2 saturated heterocycles. The average Bonchev–Trinajstić information content (AvgIpc) is 3.22. The molecule has 1 aliphatic carbocycles. The van der Waals surface area contributed by atoms with Crippen LogP contribution in [0.15, 0.2) is 24.3 Å². The topological polar surface area (TPSA) is 94.5 Å². The van der Waals surface area contributed by atoms with E-state index in [2.05, 4.69) is 43.9 Å². The van der Waals surface area contributed by atoms with Crippen molar-refractivity contribution in [3.05, 3.63) is 24.3 Å². The molecule has 39 heavy (non-hydrogen) atoms. The van der Waals surface area contributed by atoms with E-state index in [1.165, 1.54) is 0 Å². The summed E-state index contributed by atoms with van der Waals surface area (Å²) in [6.07, 6.45) is 17.8. The highest BCUT2D eigenvalue weighted by atomic mass is 16.7. The van der Waals surface area contributed by atoms with Gasteiger partial charge in [-0.25, -0.2) is 0 Å². The number of aliphatic carboxylic acids is 1. The third kappa shape index (κ3) is 11.4. The summed E-state index contributed by atoms with van der Waals surface area (Å²) in [5.41, 5.74) is 0. The molecular formula is C32H50O7. The minimum absolute atomic E-state index is 0.00679. The Balaban J connectivity index is 1.73. The molecular weight excluding hydrogens is 496 g/mol. The number of aliphatic hydroxyl groups excluding tert-OH is 1. The lowest BCUT2D eigenvalue weighted by atomic mass is 9.88. The Hall–Kier alpha value is -1.69. The van der Waals surface area contributed by atoms with Crippen LogP contribution in [-0.4, -0.2) is 60.3 Å². The molecule has 8 atom stereocenters. The SMILES string of the molecule is CCC#CCC(C)[C@@H](/C=C/[C@@H]1[C@@H](C/C=C\CCCC(=O)O)[C@@H](O)C[C@H]1OC1CCCCO1)OC1CCCCO1. The molecule has 0 aromatic heterocycles. The zero-order valence-electron chi connectivity index (χ0n) is 24.0. The maximum absolute atomic E-state index is 11.1. The van der Waals surface area contributed by atoms with Crippen LogP contribution in [0.4, 0.5) is 0 Å². The highest BCUT2D eigenvalue weighted by molar-refractivity contribution is 5.66. The summed E-state index contributed by atoms with van der Waals surface area (Å²) >= 11 is 0. The highest BCUT2D eigenvalue weighted by Gasteiger charge is 2.42. The van der Waals surface area contributed by atoms with Gasteiger partial charge in [0, 0.05) is 44.8 Å². The molecule has 3 fully saturated rings. The normalized spacial score (nSPS) is 31.3. The van der Waals surface area contributed by atoms with E-state index in [9.17, 15) is 9.90 Å². The summed E-state index contributed by atoms with van der Waals surface area (Å²) in [7, 11) is 0. The van der Waals surface area contributed by atoms with E-state index in [4.69, 9.17) is 24.1 Å². The number of allylic oxidation sites excluding steroid dienone is 2. The van der Waals surface area contributed by atoms with Gasteiger partial charge in [-0.15, -0.1) is 11.8 Å². The number of carbonyl (C=O) groups is 1. The lowest BCUT2D eigenvalue weighted by Gasteiger charge is -2.31. The minimum atomic E-state index is -0.768. The second-order valence-corrected chi connectivity index (χ2v) is 11.2. The molecule has 2 aliphatic heterocycles. The van der Waals surface area contributed by atoms with Gasteiger partial charge in [0.25, 0.3) is 0 Å². The first-order valence-corrected chi connectivity index (χ1v) is 15.2. The van der Waals surface area contributed by atoms with Crippen molar-refractivity contribution in [2.24, 2.45) is 17.8 Å². The Morgan fingerprint density at radius 1 is 1.08 bits per heavy atom. The average molecular weight is 547 g/mol. The van der Waals surface area contributed by atoms with Crippen LogP contribution < -0.4 is 0 Å². The Morgan fingerprint density at radius 2 is 1.82 bits per heavy atom. The van der Waals surface area contributed by atoms with Crippen LogP contribution in [0.1, 0.15) is 97.3 Å². The predicted octanol–water partition coefficient (Wildman–Crippen LogP) is 6.00. The molecule has 1 saturated carbocycles. The molecule has 2 N–H and O–H groups in total. The summed E-state index contributed by atoms with van der Waals surface area (Å²) in [5.74, 6) is 5.91. The first-order chi connectivity index (χ1) is 19.0. The van der Waals surface area contributed by atoms with E-state index < -0.39 is 12.1 Å². The van der Waals surface area contributed by atoms with Crippen molar-refractivity contribution in [2.75, 3.05) is 13.2 Å². The summed E-state index contributed by atoms with van der Waals surface area (Å²) < 4.78 is 24.7. The number of carboxylic acid groups (broad SMARTS) is 1. The van der Waals surface area contributed by atoms with Crippen molar-refractivity contribution in [1.29, 1.82) is 0 Å². The Bertz CT molecular complexity index is 816. The second kappa shape index (κ2) is 17.9. The van der Waals surface area contributed by atoms with Crippen molar-refractivity contribution >= 4 is 5.97 Å². The second-order valence-electron chi connectivity index (χ2n) is 11.2. The van der Waals surface area contributed by atoms with Gasteiger partial charge in [-0.3, -0.25) is 4.79 Å². The van der Waals surface area contributed by atoms with E-state index in [1.54, 1.807) is 0 Å². The molecule has 7 nitrogen and oxygen atoms in total. The number of ether oxygens (including phenoxy) is 4. The fourth-order valence-corrected chi connectivity index (χ4v) is 5.66. The molecule has 0 spiro atoms. The largest absolute Gasteiger partial charge is 0.481 e. The van der Waals surface area contributed by atoms with Crippen LogP contribution in [0, 0.1) is 29.6 Å². The van der Waals surface area contributed by atoms with Crippen LogP contribution in [0.2, 0.25) is 0 Å². The zero-order valence-corrected chi connectivity index (χ0v) is 24.0. The van der Waals surface area contributed by atoms with Crippen molar-refractivity contribution in [3.8, 4) is 11.8 Å². The molecule has 3 aliphatic rings. The molecule has 3 rings (SSSR count). The maximum Gasteiger partial charge on any atom is 0.303 e. The number of aliphatic hydroxyl groups is 1. The molecule has 7 heteroatoms. The maximum atomic E-state index is 11.1. The summed E-state index contributed by atoms with van der Waals surface area (Å²) in [6.45, 7) is 5.69. The summed E-state index contributed by atoms with van der Waals surface area (Å²) in [6, 6.07) is 0. The third-order valence-corrected chi connectivity index (χ3v) is 7.95. The van der Waals surface area contributed by atoms with E-state index in [1.807, 2.05) is 6.08 Å². The Morgan fingerprint density at radius 3 is 2.49 bits per heavy atom. The van der Waals surface area contributed by atoms with Gasteiger partial charge in [0.1, 0.15) is 0 Å². The standard InChI is InChI=1S/C32H50O7/c1-3-4-7-14-24(2)28(38-31-17-10-12-21-36-31)20-19-26-25(15-8-5-6-9-16-30(34)35)27(33)23-29(26)39-32-18-11-13-22-37-32/h5,8,19-20,24-29,31-33H,3,6,9-18,21-23H2,1-2H3,(H,34,35)/b8-5-,20-19+/t24?,25-,26-,27+,28-,29-,31?,32?/m1/s1. The summed E-state index contributed by atoms with van der Waals surface area (Å²) in [5, 5.41) is 19.9. The van der Waals surface area contributed by atoms with E-state index in [0.29, 0.717) is 19.3 Å². The van der Waals surface area contributed by atoms with Gasteiger partial charge in [-0.1, -0.05) is 38.2 Å². The van der Waals surface area contributed by atoms with E-state index >= 15 is 0 Å². The van der Waals surface area contributed by atoms with Crippen LogP contribution in [-0.2, 0) is 23.7 Å². The van der Waals surface area contributed by atoms with Crippen LogP contribution >= 0.6 is 0 Å². The van der Waals surface area contributed by atoms with E-state index in [-0.39, 0.29) is 49.0 Å². The van der Waals surface area contributed by atoms with Crippen molar-refractivity contribution in [2.45, 2.75) is 128 Å². The first-order valence-electron chi connectivity index (χ1n) is 15.2. The van der Waals surface area contributed by atoms with Gasteiger partial charge in [0.15, 0.2) is 12.6 Å². The molecule has 0 radical (unpaired) electrons. The smallest absolute Gasteiger partial charge is 0.303 e. The number of rotatable bonds is 14. The molecule has 0 amide bonds. The molecule has 3 unspecified atom stereocenters. The van der Waals surface area contributed by atoms with Gasteiger partial charge >= 0.3 is 5.97 Å². The highest BCUT2D eigenvalue weighted by Crippen LogP contribution is 2.40. The molecule has 220 valence electrons.